The Morgan fingerprint density at radius 1 is 1.18 bits per heavy atom. The number of carbonyl (C=O) groups excluding carboxylic acids is 1. The molecule has 2 aromatic carbocycles. The molecule has 8 heteroatoms. The highest BCUT2D eigenvalue weighted by atomic mass is 16.5. The zero-order chi connectivity index (χ0) is 27.1. The van der Waals surface area contributed by atoms with E-state index in [0.29, 0.717) is 12.6 Å². The lowest BCUT2D eigenvalue weighted by Crippen LogP contribution is -2.63. The highest BCUT2D eigenvalue weighted by Gasteiger charge is 2.54. The monoisotopic (exact) mass is 522 g/mol. The van der Waals surface area contributed by atoms with Gasteiger partial charge in [-0.15, -0.1) is 0 Å². The predicted octanol–water partition coefficient (Wildman–Crippen LogP) is 5.20. The average Bonchev–Trinajstić information content (AvgIpc) is 3.47. The highest BCUT2D eigenvalue weighted by molar-refractivity contribution is 6.01. The van der Waals surface area contributed by atoms with Crippen LogP contribution in [0.2, 0.25) is 0 Å². The molecule has 1 aliphatic carbocycles. The van der Waals surface area contributed by atoms with E-state index in [4.69, 9.17) is 9.84 Å². The first-order valence-corrected chi connectivity index (χ1v) is 13.7. The van der Waals surface area contributed by atoms with E-state index in [-0.39, 0.29) is 11.3 Å². The summed E-state index contributed by atoms with van der Waals surface area (Å²) in [6, 6.07) is 8.92. The number of rotatable bonds is 4. The number of aryl methyl sites for hydroxylation is 1. The summed E-state index contributed by atoms with van der Waals surface area (Å²) in [5.41, 5.74) is 10.4. The van der Waals surface area contributed by atoms with Crippen molar-refractivity contribution in [2.75, 3.05) is 38.2 Å². The lowest BCUT2D eigenvalue weighted by molar-refractivity contribution is -0.149. The van der Waals surface area contributed by atoms with Crippen LogP contribution >= 0.6 is 0 Å². The molecule has 0 atom stereocenters. The van der Waals surface area contributed by atoms with Crippen LogP contribution in [0, 0.1) is 26.2 Å². The van der Waals surface area contributed by atoms with Gasteiger partial charge in [-0.1, -0.05) is 6.58 Å². The van der Waals surface area contributed by atoms with E-state index in [9.17, 15) is 4.79 Å². The Bertz CT molecular complexity index is 1650. The van der Waals surface area contributed by atoms with Crippen molar-refractivity contribution in [2.24, 2.45) is 5.41 Å². The molecule has 1 spiro atoms. The third kappa shape index (κ3) is 3.53. The maximum atomic E-state index is 12.0. The third-order valence-corrected chi connectivity index (χ3v) is 9.22. The van der Waals surface area contributed by atoms with Crippen LogP contribution in [0.25, 0.3) is 33.3 Å². The first kappa shape index (κ1) is 24.0. The van der Waals surface area contributed by atoms with Crippen molar-refractivity contribution >= 4 is 22.5 Å². The summed E-state index contributed by atoms with van der Waals surface area (Å²) in [5, 5.41) is 14.0. The van der Waals surface area contributed by atoms with Crippen LogP contribution in [-0.2, 0) is 4.79 Å². The van der Waals surface area contributed by atoms with Crippen molar-refractivity contribution in [3.8, 4) is 28.1 Å². The number of aromatic amines is 1. The van der Waals surface area contributed by atoms with Crippen LogP contribution in [0.3, 0.4) is 0 Å². The molecular weight excluding hydrogens is 488 g/mol. The van der Waals surface area contributed by atoms with Gasteiger partial charge >= 0.3 is 0 Å². The summed E-state index contributed by atoms with van der Waals surface area (Å²) in [6.07, 6.45) is 5.42. The Balaban J connectivity index is 1.35. The smallest absolute Gasteiger partial charge is 0.245 e. The van der Waals surface area contributed by atoms with Gasteiger partial charge in [-0.25, -0.2) is 0 Å². The SMILES string of the molecule is C=CC(=O)N1CC2(CC(n3nc(-c4ccc5c(c4)N(C)CCO5)c(-c4c(C)c(C)cc5[nH]ncc45)c3C)C2)C1. The molecule has 7 rings (SSSR count). The number of carbonyl (C=O) groups is 1. The van der Waals surface area contributed by atoms with Gasteiger partial charge < -0.3 is 14.5 Å². The van der Waals surface area contributed by atoms with Gasteiger partial charge in [0, 0.05) is 47.8 Å². The molecule has 0 bridgehead atoms. The van der Waals surface area contributed by atoms with Crippen LogP contribution in [0.5, 0.6) is 5.75 Å². The topological polar surface area (TPSA) is 79.3 Å². The van der Waals surface area contributed by atoms with Crippen LogP contribution in [0.1, 0.15) is 35.7 Å². The number of ether oxygens (including phenoxy) is 1. The first-order valence-electron chi connectivity index (χ1n) is 13.7. The lowest BCUT2D eigenvalue weighted by Gasteiger charge is -2.58. The van der Waals surface area contributed by atoms with Gasteiger partial charge in [0.15, 0.2) is 0 Å². The van der Waals surface area contributed by atoms with Crippen molar-refractivity contribution in [2.45, 2.75) is 39.7 Å². The average molecular weight is 523 g/mol. The van der Waals surface area contributed by atoms with E-state index in [1.807, 2.05) is 11.1 Å². The minimum Gasteiger partial charge on any atom is -0.490 e. The minimum atomic E-state index is 0.0318. The number of hydrogen-bond donors (Lipinski definition) is 1. The molecule has 1 saturated carbocycles. The molecule has 3 aliphatic rings. The maximum absolute atomic E-state index is 12.0. The van der Waals surface area contributed by atoms with E-state index in [0.717, 1.165) is 66.1 Å². The zero-order valence-electron chi connectivity index (χ0n) is 23.0. The fraction of sp³-hybridized carbons (Fsp3) is 0.387. The van der Waals surface area contributed by atoms with E-state index >= 15 is 0 Å². The van der Waals surface area contributed by atoms with E-state index in [2.05, 4.69) is 78.4 Å². The van der Waals surface area contributed by atoms with Crippen LogP contribution in [-0.4, -0.2) is 64.1 Å². The maximum Gasteiger partial charge on any atom is 0.245 e. The predicted molar refractivity (Wildman–Crippen MR) is 153 cm³/mol. The second-order valence-corrected chi connectivity index (χ2v) is 11.7. The van der Waals surface area contributed by atoms with Crippen molar-refractivity contribution in [1.29, 1.82) is 0 Å². The van der Waals surface area contributed by atoms with Gasteiger partial charge in [-0.3, -0.25) is 14.6 Å². The van der Waals surface area contributed by atoms with E-state index in [1.165, 1.54) is 34.0 Å². The van der Waals surface area contributed by atoms with Gasteiger partial charge in [0.25, 0.3) is 0 Å². The number of nitrogens with one attached hydrogen (secondary N) is 1. The summed E-state index contributed by atoms with van der Waals surface area (Å²) in [7, 11) is 2.11. The number of amides is 1. The molecule has 4 heterocycles. The van der Waals surface area contributed by atoms with E-state index in [1.54, 1.807) is 0 Å². The fourth-order valence-electron chi connectivity index (χ4n) is 6.94. The van der Waals surface area contributed by atoms with Crippen molar-refractivity contribution in [1.82, 2.24) is 24.9 Å². The number of aromatic nitrogens is 4. The molecule has 1 amide bonds. The minimum absolute atomic E-state index is 0.0318. The molecule has 8 nitrogen and oxygen atoms in total. The summed E-state index contributed by atoms with van der Waals surface area (Å²) in [5.74, 6) is 0.947. The number of anilines is 1. The molecule has 1 saturated heterocycles. The molecule has 39 heavy (non-hydrogen) atoms. The van der Waals surface area contributed by atoms with Gasteiger partial charge in [0.05, 0.1) is 30.0 Å². The molecule has 0 radical (unpaired) electrons. The Labute approximate surface area is 228 Å². The number of hydrogen-bond acceptors (Lipinski definition) is 5. The number of benzene rings is 2. The van der Waals surface area contributed by atoms with E-state index < -0.39 is 0 Å². The number of likely N-dealkylation sites (tertiary alicyclic amines) is 1. The molecule has 1 N–H and O–H groups in total. The number of fused-ring (bicyclic) bond motifs is 2. The Hall–Kier alpha value is -4.07. The second-order valence-electron chi connectivity index (χ2n) is 11.7. The molecule has 2 aliphatic heterocycles. The van der Waals surface area contributed by atoms with Gasteiger partial charge in [0.1, 0.15) is 18.1 Å². The van der Waals surface area contributed by atoms with Crippen molar-refractivity contribution in [3.63, 3.8) is 0 Å². The second kappa shape index (κ2) is 8.46. The van der Waals surface area contributed by atoms with Crippen molar-refractivity contribution in [3.05, 3.63) is 59.9 Å². The lowest BCUT2D eigenvalue weighted by atomic mass is 9.60. The van der Waals surface area contributed by atoms with Crippen LogP contribution in [0.15, 0.2) is 43.1 Å². The van der Waals surface area contributed by atoms with Crippen LogP contribution < -0.4 is 9.64 Å². The summed E-state index contributed by atoms with van der Waals surface area (Å²) < 4.78 is 8.19. The highest BCUT2D eigenvalue weighted by Crippen LogP contribution is 2.55. The standard InChI is InChI=1S/C31H34N6O2/c1-6-27(38)36-16-31(17-36)13-22(14-31)37-20(4)29(28-19(3)18(2)11-24-23(28)15-32-33-24)30(34-37)21-7-8-26-25(12-21)35(5)9-10-39-26/h6-8,11-12,15,22H,1,9-10,13-14,16-17H2,2-5H3,(H,32,33). The summed E-state index contributed by atoms with van der Waals surface area (Å²) >= 11 is 0. The normalized spacial score (nSPS) is 18.1. The molecule has 0 unspecified atom stereocenters. The summed E-state index contributed by atoms with van der Waals surface area (Å²) in [4.78, 5) is 16.2. The van der Waals surface area contributed by atoms with Crippen molar-refractivity contribution < 1.29 is 9.53 Å². The Kier molecular flexibility index (Phi) is 5.21. The molecule has 200 valence electrons. The number of likely N-dealkylation sites (N-methyl/N-ethyl adjacent to an activating group) is 1. The number of H-pyrrole nitrogens is 1. The molecule has 2 fully saturated rings. The third-order valence-electron chi connectivity index (χ3n) is 9.22. The summed E-state index contributed by atoms with van der Waals surface area (Å²) in [6.45, 7) is 13.4. The zero-order valence-corrected chi connectivity index (χ0v) is 23.0. The van der Waals surface area contributed by atoms with Gasteiger partial charge in [-0.05, 0) is 80.6 Å². The molecular formula is C31H34N6O2. The fourth-order valence-corrected chi connectivity index (χ4v) is 6.94. The number of nitrogens with zero attached hydrogens (tertiary/aromatic N) is 5. The van der Waals surface area contributed by atoms with Crippen LogP contribution in [0.4, 0.5) is 5.69 Å². The van der Waals surface area contributed by atoms with Gasteiger partial charge in [0.2, 0.25) is 5.91 Å². The molecule has 4 aromatic rings. The Morgan fingerprint density at radius 3 is 2.74 bits per heavy atom. The molecule has 2 aromatic heterocycles. The quantitative estimate of drug-likeness (QED) is 0.373. The van der Waals surface area contributed by atoms with Gasteiger partial charge in [-0.2, -0.15) is 10.2 Å². The first-order chi connectivity index (χ1) is 18.8. The largest absolute Gasteiger partial charge is 0.490 e. The Morgan fingerprint density at radius 2 is 1.97 bits per heavy atom.